The smallest absolute Gasteiger partial charge is 0.257 e. The van der Waals surface area contributed by atoms with Crippen LogP contribution in [0.25, 0.3) is 5.65 Å². The Balaban J connectivity index is 1.50. The van der Waals surface area contributed by atoms with Gasteiger partial charge in [-0.05, 0) is 38.8 Å². The van der Waals surface area contributed by atoms with Gasteiger partial charge in [-0.15, -0.1) is 0 Å². The minimum atomic E-state index is -0.221. The minimum absolute atomic E-state index is 0.0447. The number of para-hydroxylation sites is 1. The van der Waals surface area contributed by atoms with E-state index in [1.54, 1.807) is 15.6 Å². The molecule has 3 heterocycles. The molecule has 2 aromatic heterocycles. The highest BCUT2D eigenvalue weighted by Gasteiger charge is 2.30. The Morgan fingerprint density at radius 2 is 1.96 bits per heavy atom. The number of likely N-dealkylation sites (tertiary alicyclic amines) is 1. The zero-order chi connectivity index (χ0) is 19.7. The van der Waals surface area contributed by atoms with Crippen molar-refractivity contribution in [3.05, 3.63) is 59.5 Å². The maximum Gasteiger partial charge on any atom is 0.257 e. The van der Waals surface area contributed by atoms with Crippen molar-refractivity contribution < 1.29 is 9.59 Å². The van der Waals surface area contributed by atoms with Crippen LogP contribution in [0.2, 0.25) is 0 Å². The maximum atomic E-state index is 13.1. The highest BCUT2D eigenvalue weighted by atomic mass is 16.2. The first-order valence-electron chi connectivity index (χ1n) is 9.50. The summed E-state index contributed by atoms with van der Waals surface area (Å²) >= 11 is 0. The van der Waals surface area contributed by atoms with Crippen LogP contribution >= 0.6 is 0 Å². The molecule has 0 bridgehead atoms. The van der Waals surface area contributed by atoms with Gasteiger partial charge in [0, 0.05) is 31.0 Å². The van der Waals surface area contributed by atoms with Crippen LogP contribution in [0.4, 0.5) is 5.69 Å². The quantitative estimate of drug-likeness (QED) is 0.761. The van der Waals surface area contributed by atoms with Crippen molar-refractivity contribution in [2.45, 2.75) is 26.7 Å². The van der Waals surface area contributed by atoms with Gasteiger partial charge in [-0.25, -0.2) is 9.50 Å². The molecule has 28 heavy (non-hydrogen) atoms. The highest BCUT2D eigenvalue weighted by molar-refractivity contribution is 5.97. The molecule has 0 spiro atoms. The van der Waals surface area contributed by atoms with Gasteiger partial charge in [-0.2, -0.15) is 5.10 Å². The topological polar surface area (TPSA) is 79.6 Å². The number of aromatic nitrogens is 3. The molecule has 0 radical (unpaired) electrons. The molecule has 0 saturated carbocycles. The summed E-state index contributed by atoms with van der Waals surface area (Å²) in [5.41, 5.74) is 3.65. The lowest BCUT2D eigenvalue weighted by Crippen LogP contribution is -2.44. The first-order chi connectivity index (χ1) is 13.5. The van der Waals surface area contributed by atoms with E-state index in [1.165, 1.54) is 0 Å². The fourth-order valence-corrected chi connectivity index (χ4v) is 3.68. The van der Waals surface area contributed by atoms with Crippen LogP contribution in [0.5, 0.6) is 0 Å². The molecule has 7 nitrogen and oxygen atoms in total. The van der Waals surface area contributed by atoms with E-state index < -0.39 is 0 Å². The van der Waals surface area contributed by atoms with E-state index in [4.69, 9.17) is 0 Å². The summed E-state index contributed by atoms with van der Waals surface area (Å²) < 4.78 is 1.70. The molecule has 1 aliphatic rings. The molecule has 1 N–H and O–H groups in total. The van der Waals surface area contributed by atoms with Gasteiger partial charge in [-0.1, -0.05) is 18.2 Å². The molecule has 1 fully saturated rings. The van der Waals surface area contributed by atoms with Crippen molar-refractivity contribution in [2.24, 2.45) is 5.92 Å². The van der Waals surface area contributed by atoms with E-state index >= 15 is 0 Å². The SMILES string of the molecule is Cc1cc2ncc(C(=O)N3CCC[C@@H](C(=O)Nc4ccccc4)C3)c(C)n2n1. The number of anilines is 1. The molecular weight excluding hydrogens is 354 g/mol. The second-order valence-corrected chi connectivity index (χ2v) is 7.26. The number of fused-ring (bicyclic) bond motifs is 1. The van der Waals surface area contributed by atoms with Gasteiger partial charge in [0.05, 0.1) is 22.9 Å². The summed E-state index contributed by atoms with van der Waals surface area (Å²) in [5.74, 6) is -0.365. The van der Waals surface area contributed by atoms with E-state index in [2.05, 4.69) is 15.4 Å². The summed E-state index contributed by atoms with van der Waals surface area (Å²) in [5, 5.41) is 7.36. The molecule has 1 atom stereocenters. The lowest BCUT2D eigenvalue weighted by Gasteiger charge is -2.32. The number of benzene rings is 1. The second-order valence-electron chi connectivity index (χ2n) is 7.26. The van der Waals surface area contributed by atoms with Gasteiger partial charge in [0.1, 0.15) is 0 Å². The number of amides is 2. The molecule has 0 unspecified atom stereocenters. The molecule has 1 aromatic carbocycles. The van der Waals surface area contributed by atoms with Crippen LogP contribution in [0, 0.1) is 19.8 Å². The number of carbonyl (C=O) groups excluding carboxylic acids is 2. The zero-order valence-corrected chi connectivity index (χ0v) is 16.1. The third-order valence-electron chi connectivity index (χ3n) is 5.20. The van der Waals surface area contributed by atoms with E-state index in [1.807, 2.05) is 50.2 Å². The van der Waals surface area contributed by atoms with Gasteiger partial charge in [0.2, 0.25) is 5.91 Å². The Morgan fingerprint density at radius 3 is 2.75 bits per heavy atom. The number of rotatable bonds is 3. The fourth-order valence-electron chi connectivity index (χ4n) is 3.68. The molecule has 7 heteroatoms. The number of hydrogen-bond donors (Lipinski definition) is 1. The summed E-state index contributed by atoms with van der Waals surface area (Å²) in [6, 6.07) is 11.3. The molecule has 2 amide bonds. The van der Waals surface area contributed by atoms with Crippen LogP contribution in [-0.2, 0) is 4.79 Å². The predicted octanol–water partition coefficient (Wildman–Crippen LogP) is 2.84. The van der Waals surface area contributed by atoms with Crippen LogP contribution < -0.4 is 5.32 Å². The fraction of sp³-hybridized carbons (Fsp3) is 0.333. The van der Waals surface area contributed by atoms with E-state index in [0.29, 0.717) is 18.7 Å². The molecule has 4 rings (SSSR count). The normalized spacial score (nSPS) is 16.9. The third kappa shape index (κ3) is 3.47. The van der Waals surface area contributed by atoms with Crippen molar-refractivity contribution in [3.63, 3.8) is 0 Å². The molecule has 3 aromatic rings. The van der Waals surface area contributed by atoms with Gasteiger partial charge in [0.25, 0.3) is 5.91 Å². The maximum absolute atomic E-state index is 13.1. The van der Waals surface area contributed by atoms with Crippen molar-refractivity contribution in [1.82, 2.24) is 19.5 Å². The third-order valence-corrected chi connectivity index (χ3v) is 5.20. The minimum Gasteiger partial charge on any atom is -0.338 e. The first kappa shape index (κ1) is 18.2. The van der Waals surface area contributed by atoms with Crippen molar-refractivity contribution in [1.29, 1.82) is 0 Å². The number of nitrogens with zero attached hydrogens (tertiary/aromatic N) is 4. The van der Waals surface area contributed by atoms with Crippen LogP contribution in [0.3, 0.4) is 0 Å². The number of carbonyl (C=O) groups is 2. The highest BCUT2D eigenvalue weighted by Crippen LogP contribution is 2.22. The Labute approximate surface area is 163 Å². The summed E-state index contributed by atoms with van der Waals surface area (Å²) in [6.45, 7) is 4.82. The Bertz CT molecular complexity index is 1030. The van der Waals surface area contributed by atoms with E-state index in [-0.39, 0.29) is 17.7 Å². The Morgan fingerprint density at radius 1 is 1.18 bits per heavy atom. The Kier molecular flexibility index (Phi) is 4.81. The lowest BCUT2D eigenvalue weighted by molar-refractivity contribution is -0.121. The summed E-state index contributed by atoms with van der Waals surface area (Å²) in [7, 11) is 0. The number of piperidine rings is 1. The van der Waals surface area contributed by atoms with Gasteiger partial charge >= 0.3 is 0 Å². The summed E-state index contributed by atoms with van der Waals surface area (Å²) in [4.78, 5) is 31.9. The van der Waals surface area contributed by atoms with Gasteiger partial charge in [-0.3, -0.25) is 9.59 Å². The zero-order valence-electron chi connectivity index (χ0n) is 16.1. The van der Waals surface area contributed by atoms with Crippen molar-refractivity contribution in [3.8, 4) is 0 Å². The average molecular weight is 377 g/mol. The molecule has 144 valence electrons. The molecule has 1 aliphatic heterocycles. The number of hydrogen-bond acceptors (Lipinski definition) is 4. The van der Waals surface area contributed by atoms with E-state index in [9.17, 15) is 9.59 Å². The van der Waals surface area contributed by atoms with Crippen LogP contribution in [0.15, 0.2) is 42.6 Å². The Hall–Kier alpha value is -3.22. The van der Waals surface area contributed by atoms with Gasteiger partial charge in [0.15, 0.2) is 5.65 Å². The molecule has 1 saturated heterocycles. The van der Waals surface area contributed by atoms with E-state index in [0.717, 1.165) is 35.6 Å². The molecular formula is C21H23N5O2. The largest absolute Gasteiger partial charge is 0.338 e. The lowest BCUT2D eigenvalue weighted by atomic mass is 9.96. The van der Waals surface area contributed by atoms with Crippen LogP contribution in [-0.4, -0.2) is 44.4 Å². The standard InChI is InChI=1S/C21H23N5O2/c1-14-11-19-22-12-18(15(2)26(19)24-14)21(28)25-10-6-7-16(13-25)20(27)23-17-8-4-3-5-9-17/h3-5,8-9,11-12,16H,6-7,10,13H2,1-2H3,(H,23,27)/t16-/m1/s1. The summed E-state index contributed by atoms with van der Waals surface area (Å²) in [6.07, 6.45) is 3.19. The predicted molar refractivity (Wildman–Crippen MR) is 106 cm³/mol. The van der Waals surface area contributed by atoms with Crippen molar-refractivity contribution >= 4 is 23.1 Å². The number of aryl methyl sites for hydroxylation is 2. The monoisotopic (exact) mass is 377 g/mol. The first-order valence-corrected chi connectivity index (χ1v) is 9.50. The van der Waals surface area contributed by atoms with Crippen molar-refractivity contribution in [2.75, 3.05) is 18.4 Å². The van der Waals surface area contributed by atoms with Gasteiger partial charge < -0.3 is 10.2 Å². The molecule has 0 aliphatic carbocycles. The number of nitrogens with one attached hydrogen (secondary N) is 1. The second kappa shape index (κ2) is 7.42. The average Bonchev–Trinajstić information content (AvgIpc) is 3.10. The van der Waals surface area contributed by atoms with Crippen LogP contribution in [0.1, 0.15) is 34.6 Å².